The zero-order valence-corrected chi connectivity index (χ0v) is 21.4. The number of aromatic nitrogens is 1. The molecule has 0 saturated heterocycles. The van der Waals surface area contributed by atoms with Gasteiger partial charge in [-0.1, -0.05) is 48.0 Å². The zero-order chi connectivity index (χ0) is 25.5. The summed E-state index contributed by atoms with van der Waals surface area (Å²) in [7, 11) is 0. The predicted molar refractivity (Wildman–Crippen MR) is 143 cm³/mol. The molecule has 4 aromatic rings. The molecule has 1 aromatic heterocycles. The van der Waals surface area contributed by atoms with E-state index in [4.69, 9.17) is 16.3 Å². The highest BCUT2D eigenvalue weighted by Crippen LogP contribution is 2.36. The summed E-state index contributed by atoms with van der Waals surface area (Å²) in [6.07, 6.45) is 4.04. The quantitative estimate of drug-likeness (QED) is 0.195. The number of nitrogens with zero attached hydrogens (tertiary/aromatic N) is 2. The van der Waals surface area contributed by atoms with Gasteiger partial charge in [0, 0.05) is 29.2 Å². The van der Waals surface area contributed by atoms with Crippen LogP contribution in [0.25, 0.3) is 17.0 Å². The van der Waals surface area contributed by atoms with Crippen molar-refractivity contribution in [2.24, 2.45) is 0 Å². The molecule has 0 bridgehead atoms. The normalized spacial score (nSPS) is 11.1. The Hall–Kier alpha value is -4.04. The summed E-state index contributed by atoms with van der Waals surface area (Å²) < 4.78 is 6.41. The Morgan fingerprint density at radius 3 is 2.67 bits per heavy atom. The molecule has 0 aliphatic rings. The number of para-hydroxylation sites is 1. The molecule has 0 unspecified atom stereocenters. The van der Waals surface area contributed by atoms with Crippen LogP contribution in [0, 0.1) is 22.7 Å². The lowest BCUT2D eigenvalue weighted by Crippen LogP contribution is -2.26. The number of amides is 1. The maximum atomic E-state index is 12.6. The molecular weight excluding hydrogens is 540 g/mol. The second-order valence-corrected chi connectivity index (χ2v) is 9.17. The standard InChI is InChI=1S/C28H20BrClN4O2/c29-24-12-18(13-25(30)27(24)36-17-21-6-2-1-5-19(21)14-31)11-22(15-32)28(35)33-10-9-20-16-34-26-8-4-3-7-23(20)26/h1-8,11-13,16,34H,9-10,17H2,(H,33,35)/b22-11-. The van der Waals surface area contributed by atoms with Crippen molar-refractivity contribution in [3.8, 4) is 17.9 Å². The van der Waals surface area contributed by atoms with Crippen LogP contribution in [0.15, 0.2) is 76.9 Å². The monoisotopic (exact) mass is 558 g/mol. The lowest BCUT2D eigenvalue weighted by molar-refractivity contribution is -0.117. The van der Waals surface area contributed by atoms with Crippen LogP contribution >= 0.6 is 27.5 Å². The number of halogens is 2. The number of rotatable bonds is 8. The summed E-state index contributed by atoms with van der Waals surface area (Å²) in [5.41, 5.74) is 3.94. The van der Waals surface area contributed by atoms with Gasteiger partial charge < -0.3 is 15.0 Å². The largest absolute Gasteiger partial charge is 0.486 e. The van der Waals surface area contributed by atoms with Crippen molar-refractivity contribution in [3.63, 3.8) is 0 Å². The molecule has 0 aliphatic carbocycles. The Kier molecular flexibility index (Phi) is 8.07. The summed E-state index contributed by atoms with van der Waals surface area (Å²) in [4.78, 5) is 15.8. The molecule has 8 heteroatoms. The first-order chi connectivity index (χ1) is 17.5. The summed E-state index contributed by atoms with van der Waals surface area (Å²) in [5, 5.41) is 23.0. The SMILES string of the molecule is N#C/C(=C/c1cc(Cl)c(OCc2ccccc2C#N)c(Br)c1)C(=O)NCCc1c[nH]c2ccccc12. The number of carbonyl (C=O) groups excluding carboxylic acids is 1. The minimum Gasteiger partial charge on any atom is -0.486 e. The minimum atomic E-state index is -0.460. The maximum absolute atomic E-state index is 12.6. The van der Waals surface area contributed by atoms with Crippen molar-refractivity contribution in [1.29, 1.82) is 10.5 Å². The number of fused-ring (bicyclic) bond motifs is 1. The fourth-order valence-electron chi connectivity index (χ4n) is 3.77. The number of hydrogen-bond acceptors (Lipinski definition) is 4. The molecule has 3 aromatic carbocycles. The second-order valence-electron chi connectivity index (χ2n) is 7.91. The van der Waals surface area contributed by atoms with Crippen molar-refractivity contribution < 1.29 is 9.53 Å². The van der Waals surface area contributed by atoms with Gasteiger partial charge in [0.25, 0.3) is 5.91 Å². The summed E-state index contributed by atoms with van der Waals surface area (Å²) in [5.74, 6) is -0.0544. The number of nitriles is 2. The first-order valence-electron chi connectivity index (χ1n) is 11.0. The molecule has 1 amide bonds. The molecule has 2 N–H and O–H groups in total. The Balaban J connectivity index is 1.42. The number of ether oxygens (including phenoxy) is 1. The highest BCUT2D eigenvalue weighted by Gasteiger charge is 2.14. The van der Waals surface area contributed by atoms with Crippen LogP contribution in [0.1, 0.15) is 22.3 Å². The summed E-state index contributed by atoms with van der Waals surface area (Å²) in [6, 6.07) is 22.5. The highest BCUT2D eigenvalue weighted by molar-refractivity contribution is 9.10. The van der Waals surface area contributed by atoms with Crippen molar-refractivity contribution in [3.05, 3.63) is 104 Å². The fourth-order valence-corrected chi connectivity index (χ4v) is 4.75. The third kappa shape index (κ3) is 5.78. The average molecular weight is 560 g/mol. The number of aromatic amines is 1. The van der Waals surface area contributed by atoms with Gasteiger partial charge in [-0.15, -0.1) is 0 Å². The van der Waals surface area contributed by atoms with Crippen LogP contribution in [-0.4, -0.2) is 17.4 Å². The Bertz CT molecular complexity index is 1520. The van der Waals surface area contributed by atoms with E-state index in [2.05, 4.69) is 32.3 Å². The number of H-pyrrole nitrogens is 1. The Morgan fingerprint density at radius 1 is 1.11 bits per heavy atom. The molecule has 0 saturated carbocycles. The van der Waals surface area contributed by atoms with E-state index in [9.17, 15) is 15.3 Å². The van der Waals surface area contributed by atoms with Gasteiger partial charge >= 0.3 is 0 Å². The van der Waals surface area contributed by atoms with Crippen molar-refractivity contribution in [2.45, 2.75) is 13.0 Å². The smallest absolute Gasteiger partial charge is 0.261 e. The molecule has 178 valence electrons. The molecule has 1 heterocycles. The van der Waals surface area contributed by atoms with Gasteiger partial charge in [0.2, 0.25) is 0 Å². The number of nitrogens with one attached hydrogen (secondary N) is 2. The lowest BCUT2D eigenvalue weighted by atomic mass is 10.1. The zero-order valence-electron chi connectivity index (χ0n) is 19.0. The summed E-state index contributed by atoms with van der Waals surface area (Å²) in [6.45, 7) is 0.556. The molecule has 0 fully saturated rings. The Labute approximate surface area is 221 Å². The van der Waals surface area contributed by atoms with Gasteiger partial charge in [-0.3, -0.25) is 4.79 Å². The number of carbonyl (C=O) groups is 1. The van der Waals surface area contributed by atoms with Gasteiger partial charge in [0.1, 0.15) is 18.2 Å². The number of benzene rings is 3. The Morgan fingerprint density at radius 2 is 1.89 bits per heavy atom. The molecule has 0 atom stereocenters. The molecular formula is C28H20BrClN4O2. The number of hydrogen-bond donors (Lipinski definition) is 2. The van der Waals surface area contributed by atoms with E-state index >= 15 is 0 Å². The third-order valence-electron chi connectivity index (χ3n) is 5.56. The minimum absolute atomic E-state index is 0.0338. The van der Waals surface area contributed by atoms with Crippen molar-refractivity contribution >= 4 is 50.4 Å². The molecule has 0 aliphatic heterocycles. The molecule has 36 heavy (non-hydrogen) atoms. The van der Waals surface area contributed by atoms with E-state index in [-0.39, 0.29) is 12.2 Å². The summed E-state index contributed by atoms with van der Waals surface area (Å²) >= 11 is 9.88. The molecule has 0 spiro atoms. The lowest BCUT2D eigenvalue weighted by Gasteiger charge is -2.12. The van der Waals surface area contributed by atoms with Crippen LogP contribution in [0.2, 0.25) is 5.02 Å². The first-order valence-corrected chi connectivity index (χ1v) is 12.2. The van der Waals surface area contributed by atoms with E-state index in [1.807, 2.05) is 48.7 Å². The van der Waals surface area contributed by atoms with Crippen molar-refractivity contribution in [1.82, 2.24) is 10.3 Å². The molecule has 6 nitrogen and oxygen atoms in total. The predicted octanol–water partition coefficient (Wildman–Crippen LogP) is 6.30. The average Bonchev–Trinajstić information content (AvgIpc) is 3.30. The maximum Gasteiger partial charge on any atom is 0.261 e. The van der Waals surface area contributed by atoms with E-state index in [0.717, 1.165) is 22.0 Å². The van der Waals surface area contributed by atoms with Gasteiger partial charge in [0.15, 0.2) is 5.75 Å². The highest BCUT2D eigenvalue weighted by atomic mass is 79.9. The van der Waals surface area contributed by atoms with Gasteiger partial charge in [0.05, 0.1) is 21.1 Å². The van der Waals surface area contributed by atoms with E-state index in [1.165, 1.54) is 6.08 Å². The van der Waals surface area contributed by atoms with Crippen LogP contribution < -0.4 is 10.1 Å². The first kappa shape index (κ1) is 25.1. The van der Waals surface area contributed by atoms with E-state index in [0.29, 0.717) is 39.3 Å². The van der Waals surface area contributed by atoms with Crippen LogP contribution in [0.4, 0.5) is 0 Å². The van der Waals surface area contributed by atoms with Gasteiger partial charge in [-0.2, -0.15) is 10.5 Å². The van der Waals surface area contributed by atoms with E-state index < -0.39 is 5.91 Å². The van der Waals surface area contributed by atoms with Gasteiger partial charge in [-0.25, -0.2) is 0 Å². The third-order valence-corrected chi connectivity index (χ3v) is 6.43. The topological polar surface area (TPSA) is 102 Å². The van der Waals surface area contributed by atoms with Gasteiger partial charge in [-0.05, 0) is 63.8 Å². The molecule has 0 radical (unpaired) electrons. The van der Waals surface area contributed by atoms with E-state index in [1.54, 1.807) is 24.3 Å². The fraction of sp³-hybridized carbons (Fsp3) is 0.107. The van der Waals surface area contributed by atoms with Crippen LogP contribution in [0.5, 0.6) is 5.75 Å². The van der Waals surface area contributed by atoms with Crippen LogP contribution in [0.3, 0.4) is 0 Å². The van der Waals surface area contributed by atoms with Crippen molar-refractivity contribution in [2.75, 3.05) is 6.54 Å². The van der Waals surface area contributed by atoms with Crippen LogP contribution in [-0.2, 0) is 17.8 Å². The second kappa shape index (κ2) is 11.6. The molecule has 4 rings (SSSR count).